The highest BCUT2D eigenvalue weighted by Gasteiger charge is 2.13. The number of aliphatic hydroxyl groups is 1. The van der Waals surface area contributed by atoms with Crippen molar-refractivity contribution in [1.82, 2.24) is 4.90 Å². The van der Waals surface area contributed by atoms with Crippen LogP contribution in [0.25, 0.3) is 0 Å². The van der Waals surface area contributed by atoms with E-state index in [0.29, 0.717) is 29.1 Å². The number of hydrogen-bond acceptors (Lipinski definition) is 4. The number of rotatable bonds is 6. The van der Waals surface area contributed by atoms with Crippen LogP contribution in [-0.2, 0) is 0 Å². The zero-order valence-electron chi connectivity index (χ0n) is 13.2. The third kappa shape index (κ3) is 4.91. The standard InChI is InChI=1S/C17H20N2O3S/c1-12(20)9-10-19(2)17(22)13-5-7-14(8-6-13)18-16(21)15-4-3-11-23-15/h3-8,11-12,20H,9-10H2,1-2H3,(H,18,21). The SMILES string of the molecule is CC(O)CCN(C)C(=O)c1ccc(NC(=O)c2cccs2)cc1. The molecule has 0 fully saturated rings. The molecule has 2 aromatic rings. The molecule has 0 saturated carbocycles. The molecule has 0 aliphatic carbocycles. The van der Waals surface area contributed by atoms with Crippen LogP contribution in [0.3, 0.4) is 0 Å². The monoisotopic (exact) mass is 332 g/mol. The van der Waals surface area contributed by atoms with Crippen molar-refractivity contribution in [2.24, 2.45) is 0 Å². The lowest BCUT2D eigenvalue weighted by Crippen LogP contribution is -2.29. The number of thiophene rings is 1. The molecule has 1 heterocycles. The second-order valence-corrected chi connectivity index (χ2v) is 6.32. The molecule has 2 rings (SSSR count). The second-order valence-electron chi connectivity index (χ2n) is 5.37. The minimum absolute atomic E-state index is 0.109. The number of aliphatic hydroxyl groups excluding tert-OH is 1. The fraction of sp³-hybridized carbons (Fsp3) is 0.294. The molecule has 0 spiro atoms. The summed E-state index contributed by atoms with van der Waals surface area (Å²) in [5.74, 6) is -0.269. The molecule has 2 N–H and O–H groups in total. The van der Waals surface area contributed by atoms with Gasteiger partial charge in [-0.2, -0.15) is 0 Å². The maximum Gasteiger partial charge on any atom is 0.265 e. The van der Waals surface area contributed by atoms with Crippen LogP contribution in [0.4, 0.5) is 5.69 Å². The van der Waals surface area contributed by atoms with Gasteiger partial charge in [0.2, 0.25) is 0 Å². The number of anilines is 1. The van der Waals surface area contributed by atoms with Crippen LogP contribution in [0, 0.1) is 0 Å². The van der Waals surface area contributed by atoms with Gasteiger partial charge in [0.25, 0.3) is 11.8 Å². The first-order valence-corrected chi connectivity index (χ1v) is 8.24. The van der Waals surface area contributed by atoms with Gasteiger partial charge >= 0.3 is 0 Å². The number of benzene rings is 1. The van der Waals surface area contributed by atoms with E-state index < -0.39 is 6.10 Å². The van der Waals surface area contributed by atoms with E-state index >= 15 is 0 Å². The van der Waals surface area contributed by atoms with Gasteiger partial charge in [-0.05, 0) is 49.1 Å². The first-order chi connectivity index (χ1) is 11.0. The molecule has 0 aliphatic heterocycles. The lowest BCUT2D eigenvalue weighted by atomic mass is 10.1. The number of amides is 2. The molecule has 1 atom stereocenters. The van der Waals surface area contributed by atoms with E-state index in [9.17, 15) is 14.7 Å². The summed E-state index contributed by atoms with van der Waals surface area (Å²) in [4.78, 5) is 26.4. The van der Waals surface area contributed by atoms with Crippen LogP contribution in [0.15, 0.2) is 41.8 Å². The second kappa shape index (κ2) is 7.89. The fourth-order valence-electron chi connectivity index (χ4n) is 2.00. The topological polar surface area (TPSA) is 69.6 Å². The first kappa shape index (κ1) is 17.2. The van der Waals surface area contributed by atoms with E-state index in [2.05, 4.69) is 5.32 Å². The van der Waals surface area contributed by atoms with Crippen molar-refractivity contribution in [2.75, 3.05) is 18.9 Å². The highest BCUT2D eigenvalue weighted by atomic mass is 32.1. The molecule has 0 radical (unpaired) electrons. The zero-order chi connectivity index (χ0) is 16.8. The molecule has 2 amide bonds. The van der Waals surface area contributed by atoms with Crippen molar-refractivity contribution in [2.45, 2.75) is 19.4 Å². The summed E-state index contributed by atoms with van der Waals surface area (Å²) < 4.78 is 0. The van der Waals surface area contributed by atoms with E-state index in [0.717, 1.165) is 0 Å². The lowest BCUT2D eigenvalue weighted by Gasteiger charge is -2.18. The summed E-state index contributed by atoms with van der Waals surface area (Å²) in [6.07, 6.45) is 0.108. The molecule has 1 aromatic heterocycles. The predicted octanol–water partition coefficient (Wildman–Crippen LogP) is 2.84. The van der Waals surface area contributed by atoms with Crippen LogP contribution in [0.2, 0.25) is 0 Å². The van der Waals surface area contributed by atoms with E-state index in [1.165, 1.54) is 11.3 Å². The summed E-state index contributed by atoms with van der Waals surface area (Å²) in [6.45, 7) is 2.19. The first-order valence-electron chi connectivity index (χ1n) is 7.36. The molecule has 6 heteroatoms. The molecule has 0 bridgehead atoms. The van der Waals surface area contributed by atoms with E-state index in [-0.39, 0.29) is 11.8 Å². The van der Waals surface area contributed by atoms with Crippen LogP contribution >= 0.6 is 11.3 Å². The zero-order valence-corrected chi connectivity index (χ0v) is 14.0. The van der Waals surface area contributed by atoms with Crippen molar-refractivity contribution in [3.05, 3.63) is 52.2 Å². The molecule has 122 valence electrons. The number of hydrogen-bond donors (Lipinski definition) is 2. The minimum atomic E-state index is -0.430. The fourth-order valence-corrected chi connectivity index (χ4v) is 2.62. The quantitative estimate of drug-likeness (QED) is 0.854. The number of nitrogens with one attached hydrogen (secondary N) is 1. The number of nitrogens with zero attached hydrogens (tertiary/aromatic N) is 1. The lowest BCUT2D eigenvalue weighted by molar-refractivity contribution is 0.0769. The van der Waals surface area contributed by atoms with Crippen LogP contribution in [0.1, 0.15) is 33.4 Å². The minimum Gasteiger partial charge on any atom is -0.393 e. The molecular weight excluding hydrogens is 312 g/mol. The number of carbonyl (C=O) groups excluding carboxylic acids is 2. The number of carbonyl (C=O) groups is 2. The molecule has 23 heavy (non-hydrogen) atoms. The maximum absolute atomic E-state index is 12.2. The maximum atomic E-state index is 12.2. The van der Waals surface area contributed by atoms with Gasteiger partial charge in [0, 0.05) is 24.8 Å². The normalized spacial score (nSPS) is 11.8. The van der Waals surface area contributed by atoms with Crippen LogP contribution in [-0.4, -0.2) is 41.5 Å². The molecule has 0 aliphatic rings. The van der Waals surface area contributed by atoms with Gasteiger partial charge in [-0.3, -0.25) is 9.59 Å². The van der Waals surface area contributed by atoms with E-state index in [1.807, 2.05) is 11.4 Å². The Kier molecular flexibility index (Phi) is 5.90. The van der Waals surface area contributed by atoms with Gasteiger partial charge in [-0.15, -0.1) is 11.3 Å². The Morgan fingerprint density at radius 3 is 2.52 bits per heavy atom. The largest absolute Gasteiger partial charge is 0.393 e. The summed E-state index contributed by atoms with van der Waals surface area (Å²) >= 11 is 1.38. The molecule has 1 aromatic carbocycles. The summed E-state index contributed by atoms with van der Waals surface area (Å²) in [5, 5.41) is 13.9. The van der Waals surface area contributed by atoms with Gasteiger partial charge in [-0.1, -0.05) is 6.07 Å². The predicted molar refractivity (Wildman–Crippen MR) is 92.0 cm³/mol. The van der Waals surface area contributed by atoms with Crippen LogP contribution < -0.4 is 5.32 Å². The Balaban J connectivity index is 1.96. The third-order valence-electron chi connectivity index (χ3n) is 3.36. The van der Waals surface area contributed by atoms with Crippen LogP contribution in [0.5, 0.6) is 0 Å². The molecule has 1 unspecified atom stereocenters. The van der Waals surface area contributed by atoms with Gasteiger partial charge in [0.05, 0.1) is 11.0 Å². The van der Waals surface area contributed by atoms with E-state index in [4.69, 9.17) is 0 Å². The molecular formula is C17H20N2O3S. The van der Waals surface area contributed by atoms with Gasteiger partial charge < -0.3 is 15.3 Å². The van der Waals surface area contributed by atoms with Gasteiger partial charge in [0.15, 0.2) is 0 Å². The Morgan fingerprint density at radius 2 is 1.96 bits per heavy atom. The van der Waals surface area contributed by atoms with E-state index in [1.54, 1.807) is 49.2 Å². The van der Waals surface area contributed by atoms with Crippen molar-refractivity contribution in [3.8, 4) is 0 Å². The molecule has 5 nitrogen and oxygen atoms in total. The summed E-state index contributed by atoms with van der Waals surface area (Å²) in [7, 11) is 1.71. The summed E-state index contributed by atoms with van der Waals surface area (Å²) in [6, 6.07) is 10.4. The molecule has 0 saturated heterocycles. The van der Waals surface area contributed by atoms with Gasteiger partial charge in [0.1, 0.15) is 0 Å². The average molecular weight is 332 g/mol. The van der Waals surface area contributed by atoms with Crippen molar-refractivity contribution >= 4 is 28.8 Å². The van der Waals surface area contributed by atoms with Gasteiger partial charge in [-0.25, -0.2) is 0 Å². The van der Waals surface area contributed by atoms with Crippen molar-refractivity contribution < 1.29 is 14.7 Å². The highest BCUT2D eigenvalue weighted by Crippen LogP contribution is 2.15. The highest BCUT2D eigenvalue weighted by molar-refractivity contribution is 7.12. The Morgan fingerprint density at radius 1 is 1.26 bits per heavy atom. The third-order valence-corrected chi connectivity index (χ3v) is 4.23. The Hall–Kier alpha value is -2.18. The summed E-state index contributed by atoms with van der Waals surface area (Å²) in [5.41, 5.74) is 1.19. The Bertz CT molecular complexity index is 651. The van der Waals surface area contributed by atoms with Crippen molar-refractivity contribution in [3.63, 3.8) is 0 Å². The smallest absolute Gasteiger partial charge is 0.265 e. The average Bonchev–Trinajstić information content (AvgIpc) is 3.07. The Labute approximate surface area is 139 Å². The van der Waals surface area contributed by atoms with Crippen molar-refractivity contribution in [1.29, 1.82) is 0 Å².